The van der Waals surface area contributed by atoms with E-state index in [0.717, 1.165) is 149 Å². The summed E-state index contributed by atoms with van der Waals surface area (Å²) in [6.45, 7) is 23.5. The molecule has 31 atom stereocenters. The van der Waals surface area contributed by atoms with E-state index < -0.39 is 122 Å². The van der Waals surface area contributed by atoms with Gasteiger partial charge in [-0.3, -0.25) is 42.6 Å². The minimum Gasteiger partial charge on any atom is -0.312 e. The number of hydrogen-bond acceptors (Lipinski definition) is 16. The maximum Gasteiger partial charge on any atom is 0.165 e. The lowest BCUT2D eigenvalue weighted by molar-refractivity contribution is -0.0880. The van der Waals surface area contributed by atoms with Crippen LogP contribution in [0.3, 0.4) is 0 Å². The van der Waals surface area contributed by atoms with E-state index in [1.807, 2.05) is 0 Å². The molecule has 0 amide bonds. The summed E-state index contributed by atoms with van der Waals surface area (Å²) in [4.78, 5) is 0. The van der Waals surface area contributed by atoms with Crippen molar-refractivity contribution >= 4 is 0 Å². The Bertz CT molecular complexity index is 2020. The van der Waals surface area contributed by atoms with Crippen molar-refractivity contribution < 1.29 is 35.1 Å². The summed E-state index contributed by atoms with van der Waals surface area (Å²) in [5, 5.41) is 57.4. The molecule has 8 bridgehead atoms. The number of halogens is 8. The van der Waals surface area contributed by atoms with Gasteiger partial charge >= 0.3 is 0 Å². The van der Waals surface area contributed by atoms with Crippen molar-refractivity contribution in [3.63, 3.8) is 0 Å². The zero-order valence-electron chi connectivity index (χ0n) is 54.5. The molecule has 16 nitrogen and oxygen atoms in total. The van der Waals surface area contributed by atoms with Gasteiger partial charge in [-0.05, 0) is 110 Å². The average Bonchev–Trinajstić information content (AvgIpc) is 2.03. The summed E-state index contributed by atoms with van der Waals surface area (Å²) in [5.74, 6) is -6.86. The van der Waals surface area contributed by atoms with Gasteiger partial charge in [0.2, 0.25) is 0 Å². The number of hydrogen-bond donors (Lipinski definition) is 15. The smallest absolute Gasteiger partial charge is 0.165 e. The Labute approximate surface area is 523 Å². The van der Waals surface area contributed by atoms with Crippen LogP contribution in [0.5, 0.6) is 0 Å². The summed E-state index contributed by atoms with van der Waals surface area (Å²) >= 11 is 0. The monoisotopic (exact) mass is 1260 g/mol. The molecule has 31 unspecified atom stereocenters. The molecule has 9 aliphatic rings. The van der Waals surface area contributed by atoms with Crippen LogP contribution in [-0.2, 0) is 0 Å². The van der Waals surface area contributed by atoms with Crippen molar-refractivity contribution in [2.24, 2.45) is 47.3 Å². The molecule has 5 heterocycles. The van der Waals surface area contributed by atoms with Gasteiger partial charge in [0.1, 0.15) is 24.7 Å². The Hall–Kier alpha value is -1.20. The Morgan fingerprint density at radius 3 is 0.909 bits per heavy atom. The SMILES string of the molecule is CCCCNC1CC2C3NC(NC4C5C(NCCCC)C(NCCCC)C(NCCCC)C(NCCCC)C5C(NC5NC(NC6NC(N3)C3C(F)C(F)C(F)C(F)C63)C3C(F)C(F)C(F)C(F)C53)N4NCCCC)C2C(NCCCC)C1NCCCC. The number of alkyl halides is 8. The fourth-order valence-electron chi connectivity index (χ4n) is 17.8. The Morgan fingerprint density at radius 1 is 0.284 bits per heavy atom. The second-order valence-corrected chi connectivity index (χ2v) is 28.0. The maximum atomic E-state index is 17.4. The number of nitrogens with zero attached hydrogens (tertiary/aromatic N) is 1. The molecule has 5 saturated heterocycles. The third-order valence-corrected chi connectivity index (χ3v) is 22.3. The quantitative estimate of drug-likeness (QED) is 0.0287. The molecule has 9 fully saturated rings. The van der Waals surface area contributed by atoms with Gasteiger partial charge in [-0.25, -0.2) is 40.1 Å². The number of unbranched alkanes of at least 4 members (excludes halogenated alkanes) is 8. The van der Waals surface area contributed by atoms with E-state index in [4.69, 9.17) is 0 Å². The van der Waals surface area contributed by atoms with Crippen LogP contribution in [0.2, 0.25) is 0 Å². The standard InChI is InChI=1S/C64H120F8N16/c1-9-17-25-73-35-33-34-36(52(75-27-19-11-3)51(35)74-26-18-10-2)58-81-57(34)82-59-37-38(44(66)48(70)47(69)43(37)65)60(83-59)84-61-39-40(46(68)50(72)49(71)45(39)67)62(85-61)87-64-42-41(63(86-58)88(64)80-32-24-16-8)53(76-28-20-12-4)55(78-30-22-14-6)56(79-31-23-15-7)54(42)77-29-21-13-5/h34-64,73-87H,9-33H2,1-8H3. The minimum absolute atomic E-state index is 0.00624. The van der Waals surface area contributed by atoms with Crippen LogP contribution in [0.25, 0.3) is 0 Å². The van der Waals surface area contributed by atoms with Gasteiger partial charge in [0.25, 0.3) is 0 Å². The normalized spacial score (nSPS) is 45.8. The third kappa shape index (κ3) is 15.1. The molecule has 5 aliphatic heterocycles. The lowest BCUT2D eigenvalue weighted by Gasteiger charge is -2.53. The summed E-state index contributed by atoms with van der Waals surface area (Å²) < 4.78 is 133. The van der Waals surface area contributed by atoms with Crippen molar-refractivity contribution in [3.05, 3.63) is 0 Å². The highest BCUT2D eigenvalue weighted by atomic mass is 19.2. The Balaban J connectivity index is 1.27. The van der Waals surface area contributed by atoms with Crippen LogP contribution in [0.15, 0.2) is 0 Å². The van der Waals surface area contributed by atoms with Crippen LogP contribution in [0.1, 0.15) is 165 Å². The van der Waals surface area contributed by atoms with Crippen LogP contribution >= 0.6 is 0 Å². The molecule has 0 radical (unpaired) electrons. The Kier molecular flexibility index (Phi) is 27.4. The fourth-order valence-corrected chi connectivity index (χ4v) is 17.8. The summed E-state index contributed by atoms with van der Waals surface area (Å²) in [5.41, 5.74) is 3.98. The second kappa shape index (κ2) is 34.0. The number of rotatable bonds is 32. The van der Waals surface area contributed by atoms with Crippen LogP contribution in [0, 0.1) is 47.3 Å². The van der Waals surface area contributed by atoms with E-state index >= 15 is 35.1 Å². The van der Waals surface area contributed by atoms with Gasteiger partial charge in [-0.15, -0.1) is 0 Å². The lowest BCUT2D eigenvalue weighted by atomic mass is 9.66. The lowest BCUT2D eigenvalue weighted by Crippen LogP contribution is -2.76. The number of fused-ring (bicyclic) bond motifs is 20. The van der Waals surface area contributed by atoms with Crippen molar-refractivity contribution in [1.29, 1.82) is 0 Å². The molecule has 4 saturated carbocycles. The first-order valence-electron chi connectivity index (χ1n) is 35.8. The molecular weight excluding hydrogens is 1140 g/mol. The number of nitrogens with one attached hydrogen (secondary N) is 15. The van der Waals surface area contributed by atoms with Crippen LogP contribution in [0.4, 0.5) is 35.1 Å². The highest BCUT2D eigenvalue weighted by molar-refractivity contribution is 5.22. The average molecular weight is 1270 g/mol. The largest absolute Gasteiger partial charge is 0.312 e. The molecule has 9 rings (SSSR count). The van der Waals surface area contributed by atoms with Gasteiger partial charge in [0.05, 0.1) is 49.3 Å². The van der Waals surface area contributed by atoms with Gasteiger partial charge in [-0.1, -0.05) is 107 Å². The van der Waals surface area contributed by atoms with E-state index in [-0.39, 0.29) is 66.0 Å². The fraction of sp³-hybridized carbons (Fsp3) is 1.00. The van der Waals surface area contributed by atoms with Crippen LogP contribution in [-0.4, -0.2) is 198 Å². The van der Waals surface area contributed by atoms with Crippen molar-refractivity contribution in [1.82, 2.24) is 84.9 Å². The predicted molar refractivity (Wildman–Crippen MR) is 336 cm³/mol. The van der Waals surface area contributed by atoms with Gasteiger partial charge in [0, 0.05) is 90.3 Å². The summed E-state index contributed by atoms with van der Waals surface area (Å²) in [7, 11) is 0. The van der Waals surface area contributed by atoms with Gasteiger partial charge in [0.15, 0.2) is 24.7 Å². The zero-order chi connectivity index (χ0) is 62.8. The molecule has 15 N–H and O–H groups in total. The molecule has 88 heavy (non-hydrogen) atoms. The highest BCUT2D eigenvalue weighted by Gasteiger charge is 2.69. The molecule has 24 heteroatoms. The van der Waals surface area contributed by atoms with E-state index in [1.54, 1.807) is 0 Å². The highest BCUT2D eigenvalue weighted by Crippen LogP contribution is 2.51. The molecule has 0 spiro atoms. The summed E-state index contributed by atoms with van der Waals surface area (Å²) in [6, 6.07) is -0.756. The predicted octanol–water partition coefficient (Wildman–Crippen LogP) is 5.78. The maximum absolute atomic E-state index is 17.4. The first-order valence-corrected chi connectivity index (χ1v) is 35.8. The topological polar surface area (TPSA) is 184 Å². The number of hydrazine groups is 1. The van der Waals surface area contributed by atoms with Crippen molar-refractivity contribution in [3.8, 4) is 0 Å². The molecule has 4 aliphatic carbocycles. The summed E-state index contributed by atoms with van der Waals surface area (Å²) in [6.07, 6.45) is -12.3. The molecular formula is C64H120F8N16. The van der Waals surface area contributed by atoms with Gasteiger partial charge in [-0.2, -0.15) is 0 Å². The minimum atomic E-state index is -2.81. The van der Waals surface area contributed by atoms with E-state index in [2.05, 4.69) is 140 Å². The van der Waals surface area contributed by atoms with Crippen LogP contribution < -0.4 is 79.9 Å². The van der Waals surface area contributed by atoms with Gasteiger partial charge < -0.3 is 37.2 Å². The van der Waals surface area contributed by atoms with E-state index in [1.165, 1.54) is 0 Å². The first-order chi connectivity index (χ1) is 42.7. The van der Waals surface area contributed by atoms with Crippen molar-refractivity contribution in [2.45, 2.75) is 306 Å². The Morgan fingerprint density at radius 2 is 0.557 bits per heavy atom. The molecule has 0 aromatic rings. The van der Waals surface area contributed by atoms with E-state index in [0.29, 0.717) is 13.0 Å². The second-order valence-electron chi connectivity index (χ2n) is 28.0. The first kappa shape index (κ1) is 71.1. The third-order valence-electron chi connectivity index (χ3n) is 22.3. The molecule has 512 valence electrons. The zero-order valence-corrected chi connectivity index (χ0v) is 54.5. The van der Waals surface area contributed by atoms with E-state index in [9.17, 15) is 0 Å². The van der Waals surface area contributed by atoms with Crippen molar-refractivity contribution in [2.75, 3.05) is 52.4 Å². The molecule has 0 aromatic carbocycles. The molecule has 0 aromatic heterocycles.